The van der Waals surface area contributed by atoms with Gasteiger partial charge in [0.05, 0.1) is 4.88 Å². The van der Waals surface area contributed by atoms with Crippen LogP contribution >= 0.6 is 11.3 Å². The van der Waals surface area contributed by atoms with Crippen molar-refractivity contribution in [2.75, 3.05) is 6.61 Å². The number of hydrogen-bond acceptors (Lipinski definition) is 4. The van der Waals surface area contributed by atoms with Gasteiger partial charge in [-0.05, 0) is 38.0 Å². The van der Waals surface area contributed by atoms with Gasteiger partial charge in [-0.3, -0.25) is 4.79 Å². The van der Waals surface area contributed by atoms with Gasteiger partial charge in [-0.1, -0.05) is 13.8 Å². The summed E-state index contributed by atoms with van der Waals surface area (Å²) in [5, 5.41) is 0.974. The Hall–Kier alpha value is -0.740. The second kappa shape index (κ2) is 5.10. The standard InChI is InChI=1S/C14H21NO2S/c1-4-17-14(7-5-13(2,3)6-8-14)12-15-9-11(10-16)18-12/h9-10H,4-8H2,1-3H3. The fourth-order valence-electron chi connectivity index (χ4n) is 2.58. The Balaban J connectivity index is 2.24. The Morgan fingerprint density at radius 1 is 1.39 bits per heavy atom. The highest BCUT2D eigenvalue weighted by molar-refractivity contribution is 7.13. The lowest BCUT2D eigenvalue weighted by molar-refractivity contribution is -0.0890. The zero-order chi connectivity index (χ0) is 13.2. The summed E-state index contributed by atoms with van der Waals surface area (Å²) >= 11 is 1.47. The average Bonchev–Trinajstić information content (AvgIpc) is 2.82. The van der Waals surface area contributed by atoms with E-state index in [9.17, 15) is 4.79 Å². The van der Waals surface area contributed by atoms with Crippen LogP contribution in [0.15, 0.2) is 6.20 Å². The number of hydrogen-bond donors (Lipinski definition) is 0. The van der Waals surface area contributed by atoms with Crippen molar-refractivity contribution in [3.8, 4) is 0 Å². The topological polar surface area (TPSA) is 39.2 Å². The molecule has 0 unspecified atom stereocenters. The van der Waals surface area contributed by atoms with E-state index in [1.165, 1.54) is 11.3 Å². The first-order valence-corrected chi connectivity index (χ1v) is 7.38. The molecule has 18 heavy (non-hydrogen) atoms. The van der Waals surface area contributed by atoms with Gasteiger partial charge < -0.3 is 4.74 Å². The van der Waals surface area contributed by atoms with E-state index in [2.05, 4.69) is 18.8 Å². The van der Waals surface area contributed by atoms with Crippen molar-refractivity contribution < 1.29 is 9.53 Å². The number of nitrogens with zero attached hydrogens (tertiary/aromatic N) is 1. The van der Waals surface area contributed by atoms with Crippen molar-refractivity contribution in [1.29, 1.82) is 0 Å². The van der Waals surface area contributed by atoms with Crippen LogP contribution in [0.4, 0.5) is 0 Å². The number of aromatic nitrogens is 1. The molecule has 4 heteroatoms. The van der Waals surface area contributed by atoms with Crippen molar-refractivity contribution in [3.05, 3.63) is 16.1 Å². The number of aldehydes is 1. The van der Waals surface area contributed by atoms with Gasteiger partial charge in [0.15, 0.2) is 6.29 Å². The minimum Gasteiger partial charge on any atom is -0.368 e. The number of rotatable bonds is 4. The minimum atomic E-state index is -0.254. The molecule has 1 fully saturated rings. The fourth-order valence-corrected chi connectivity index (χ4v) is 3.51. The Morgan fingerprint density at radius 2 is 2.06 bits per heavy atom. The maximum Gasteiger partial charge on any atom is 0.161 e. The molecule has 1 aromatic rings. The van der Waals surface area contributed by atoms with Gasteiger partial charge in [-0.2, -0.15) is 0 Å². The molecule has 0 spiro atoms. The van der Waals surface area contributed by atoms with E-state index in [0.29, 0.717) is 16.9 Å². The largest absolute Gasteiger partial charge is 0.368 e. The molecule has 0 N–H and O–H groups in total. The van der Waals surface area contributed by atoms with Crippen molar-refractivity contribution >= 4 is 17.6 Å². The molecule has 0 atom stereocenters. The molecular formula is C14H21NO2S. The highest BCUT2D eigenvalue weighted by atomic mass is 32.1. The molecular weight excluding hydrogens is 246 g/mol. The molecule has 1 aliphatic carbocycles. The van der Waals surface area contributed by atoms with Crippen LogP contribution < -0.4 is 0 Å². The summed E-state index contributed by atoms with van der Waals surface area (Å²) in [7, 11) is 0. The molecule has 1 aromatic heterocycles. The van der Waals surface area contributed by atoms with Crippen molar-refractivity contribution in [1.82, 2.24) is 4.98 Å². The monoisotopic (exact) mass is 267 g/mol. The first-order chi connectivity index (χ1) is 8.51. The predicted molar refractivity (Wildman–Crippen MR) is 73.1 cm³/mol. The molecule has 1 aliphatic rings. The van der Waals surface area contributed by atoms with Crippen LogP contribution in [0.2, 0.25) is 0 Å². The van der Waals surface area contributed by atoms with E-state index in [-0.39, 0.29) is 5.60 Å². The summed E-state index contributed by atoms with van der Waals surface area (Å²) in [6.45, 7) is 7.33. The number of carbonyl (C=O) groups is 1. The van der Waals surface area contributed by atoms with Gasteiger partial charge in [-0.15, -0.1) is 11.3 Å². The molecule has 100 valence electrons. The molecule has 3 nitrogen and oxygen atoms in total. The zero-order valence-corrected chi connectivity index (χ0v) is 12.2. The zero-order valence-electron chi connectivity index (χ0n) is 11.4. The van der Waals surface area contributed by atoms with E-state index >= 15 is 0 Å². The molecule has 0 aromatic carbocycles. The lowest BCUT2D eigenvalue weighted by Gasteiger charge is -2.42. The number of carbonyl (C=O) groups excluding carboxylic acids is 1. The van der Waals surface area contributed by atoms with Crippen LogP contribution in [0.25, 0.3) is 0 Å². The Bertz CT molecular complexity index is 415. The summed E-state index contributed by atoms with van der Waals surface area (Å²) < 4.78 is 6.04. The summed E-state index contributed by atoms with van der Waals surface area (Å²) in [6, 6.07) is 0. The quantitative estimate of drug-likeness (QED) is 0.779. The van der Waals surface area contributed by atoms with Crippen molar-refractivity contribution in [2.45, 2.75) is 52.1 Å². The molecule has 2 rings (SSSR count). The molecule has 0 amide bonds. The fraction of sp³-hybridized carbons (Fsp3) is 0.714. The van der Waals surface area contributed by atoms with Gasteiger partial charge in [0.2, 0.25) is 0 Å². The van der Waals surface area contributed by atoms with E-state index < -0.39 is 0 Å². The van der Waals surface area contributed by atoms with Gasteiger partial charge >= 0.3 is 0 Å². The third kappa shape index (κ3) is 2.64. The van der Waals surface area contributed by atoms with E-state index in [1.807, 2.05) is 6.92 Å². The first kappa shape index (κ1) is 13.7. The van der Waals surface area contributed by atoms with E-state index in [1.54, 1.807) is 6.20 Å². The second-order valence-corrected chi connectivity index (χ2v) is 6.84. The summed E-state index contributed by atoms with van der Waals surface area (Å²) in [5.41, 5.74) is 0.140. The van der Waals surface area contributed by atoms with Gasteiger partial charge in [-0.25, -0.2) is 4.98 Å². The van der Waals surface area contributed by atoms with Crippen molar-refractivity contribution in [3.63, 3.8) is 0 Å². The molecule has 0 bridgehead atoms. The summed E-state index contributed by atoms with van der Waals surface area (Å²) in [4.78, 5) is 15.9. The van der Waals surface area contributed by atoms with E-state index in [4.69, 9.17) is 4.74 Å². The van der Waals surface area contributed by atoms with E-state index in [0.717, 1.165) is 37.0 Å². The Labute approximate surface area is 113 Å². The average molecular weight is 267 g/mol. The predicted octanol–water partition coefficient (Wildman–Crippen LogP) is 3.79. The SMILES string of the molecule is CCOC1(c2ncc(C=O)s2)CCC(C)(C)CC1. The minimum absolute atomic E-state index is 0.254. The lowest BCUT2D eigenvalue weighted by Crippen LogP contribution is -2.37. The van der Waals surface area contributed by atoms with Crippen LogP contribution in [0, 0.1) is 5.41 Å². The van der Waals surface area contributed by atoms with Crippen LogP contribution in [-0.4, -0.2) is 17.9 Å². The third-order valence-electron chi connectivity index (χ3n) is 3.86. The molecule has 1 saturated carbocycles. The van der Waals surface area contributed by atoms with Crippen LogP contribution in [0.1, 0.15) is 61.1 Å². The molecule has 0 radical (unpaired) electrons. The summed E-state index contributed by atoms with van der Waals surface area (Å²) in [5.74, 6) is 0. The molecule has 0 aliphatic heterocycles. The maximum atomic E-state index is 10.8. The van der Waals surface area contributed by atoms with Gasteiger partial charge in [0.25, 0.3) is 0 Å². The number of ether oxygens (including phenoxy) is 1. The number of thiazole rings is 1. The third-order valence-corrected chi connectivity index (χ3v) is 4.97. The van der Waals surface area contributed by atoms with Gasteiger partial charge in [0.1, 0.15) is 10.6 Å². The van der Waals surface area contributed by atoms with Gasteiger partial charge in [0, 0.05) is 12.8 Å². The first-order valence-electron chi connectivity index (χ1n) is 6.57. The summed E-state index contributed by atoms with van der Waals surface area (Å²) in [6.07, 6.45) is 6.81. The van der Waals surface area contributed by atoms with Crippen LogP contribution in [-0.2, 0) is 10.3 Å². The highest BCUT2D eigenvalue weighted by Gasteiger charge is 2.42. The Kier molecular flexibility index (Phi) is 3.87. The second-order valence-electron chi connectivity index (χ2n) is 5.78. The maximum absolute atomic E-state index is 10.8. The van der Waals surface area contributed by atoms with Crippen LogP contribution in [0.5, 0.6) is 0 Å². The van der Waals surface area contributed by atoms with Crippen molar-refractivity contribution in [2.24, 2.45) is 5.41 Å². The highest BCUT2D eigenvalue weighted by Crippen LogP contribution is 2.48. The smallest absolute Gasteiger partial charge is 0.161 e. The normalized spacial score (nSPS) is 21.7. The lowest BCUT2D eigenvalue weighted by atomic mass is 9.71. The Morgan fingerprint density at radius 3 is 2.56 bits per heavy atom. The van der Waals surface area contributed by atoms with Crippen LogP contribution in [0.3, 0.4) is 0 Å². The molecule has 1 heterocycles. The molecule has 0 saturated heterocycles.